The highest BCUT2D eigenvalue weighted by Crippen LogP contribution is 2.61. The molecule has 3 atom stereocenters. The van der Waals surface area contributed by atoms with Crippen LogP contribution in [0, 0.1) is 24.7 Å². The van der Waals surface area contributed by atoms with E-state index in [2.05, 4.69) is 6.92 Å². The third-order valence-electron chi connectivity index (χ3n) is 3.19. The van der Waals surface area contributed by atoms with Crippen molar-refractivity contribution in [3.63, 3.8) is 0 Å². The minimum Gasteiger partial charge on any atom is -0.458 e. The number of fused-ring (bicyclic) bond motifs is 4. The van der Waals surface area contributed by atoms with E-state index in [1.807, 2.05) is 0 Å². The van der Waals surface area contributed by atoms with Crippen LogP contribution in [0.1, 0.15) is 19.3 Å². The summed E-state index contributed by atoms with van der Waals surface area (Å²) < 4.78 is 5.38. The quantitative estimate of drug-likeness (QED) is 0.536. The standard InChI is InChI=1S/C9H11O/c1-2-5-3-6-4-7(5)9-8(6)10-9/h5-7H,1-4H2. The third kappa shape index (κ3) is 0.425. The molecule has 1 nitrogen and oxygen atoms in total. The van der Waals surface area contributed by atoms with Gasteiger partial charge in [0, 0.05) is 11.8 Å². The molecular weight excluding hydrogens is 124 g/mol. The van der Waals surface area contributed by atoms with Crippen LogP contribution >= 0.6 is 0 Å². The SMILES string of the molecule is [CH2]CC1CC2CC1C1=C2O1. The molecule has 0 saturated heterocycles. The second kappa shape index (κ2) is 1.41. The fraction of sp³-hybridized carbons (Fsp3) is 0.667. The van der Waals surface area contributed by atoms with Crippen LogP contribution in [0.25, 0.3) is 0 Å². The summed E-state index contributed by atoms with van der Waals surface area (Å²) in [5.41, 5.74) is 0. The van der Waals surface area contributed by atoms with Gasteiger partial charge in [0.2, 0.25) is 0 Å². The summed E-state index contributed by atoms with van der Waals surface area (Å²) in [7, 11) is 0. The average Bonchev–Trinajstić information content (AvgIpc) is 2.58. The number of hydrogen-bond acceptors (Lipinski definition) is 1. The van der Waals surface area contributed by atoms with Crippen molar-refractivity contribution in [1.29, 1.82) is 0 Å². The van der Waals surface area contributed by atoms with Gasteiger partial charge in [0.15, 0.2) is 0 Å². The van der Waals surface area contributed by atoms with E-state index in [0.717, 1.165) is 24.2 Å². The monoisotopic (exact) mass is 135 g/mol. The number of rotatable bonds is 1. The van der Waals surface area contributed by atoms with E-state index in [9.17, 15) is 0 Å². The van der Waals surface area contributed by atoms with Crippen LogP contribution in [0.3, 0.4) is 0 Å². The average molecular weight is 135 g/mol. The summed E-state index contributed by atoms with van der Waals surface area (Å²) in [6, 6.07) is 0. The van der Waals surface area contributed by atoms with Gasteiger partial charge in [0.05, 0.1) is 0 Å². The molecule has 1 heterocycles. The Morgan fingerprint density at radius 1 is 1.40 bits per heavy atom. The number of hydrogen-bond donors (Lipinski definition) is 0. The molecule has 1 heteroatoms. The van der Waals surface area contributed by atoms with Gasteiger partial charge in [0.1, 0.15) is 11.5 Å². The van der Waals surface area contributed by atoms with Gasteiger partial charge >= 0.3 is 0 Å². The smallest absolute Gasteiger partial charge is 0.146 e. The predicted octanol–water partition coefficient (Wildman–Crippen LogP) is 2.11. The number of allylic oxidation sites excluding steroid dienone is 2. The summed E-state index contributed by atoms with van der Waals surface area (Å²) in [6.07, 6.45) is 3.83. The molecule has 0 aromatic rings. The fourth-order valence-corrected chi connectivity index (χ4v) is 2.62. The van der Waals surface area contributed by atoms with E-state index in [0.29, 0.717) is 0 Å². The molecule has 3 aliphatic rings. The Morgan fingerprint density at radius 3 is 2.90 bits per heavy atom. The highest BCUT2D eigenvalue weighted by atomic mass is 16.6. The highest BCUT2D eigenvalue weighted by molar-refractivity contribution is 5.33. The minimum absolute atomic E-state index is 0.789. The molecule has 3 rings (SSSR count). The molecule has 0 aromatic carbocycles. The van der Waals surface area contributed by atoms with Crippen molar-refractivity contribution in [2.75, 3.05) is 0 Å². The zero-order valence-electron chi connectivity index (χ0n) is 5.97. The van der Waals surface area contributed by atoms with Gasteiger partial charge in [-0.25, -0.2) is 0 Å². The lowest BCUT2D eigenvalue weighted by molar-refractivity contribution is 0.327. The molecule has 0 aromatic heterocycles. The van der Waals surface area contributed by atoms with Crippen LogP contribution in [-0.2, 0) is 4.74 Å². The predicted molar refractivity (Wildman–Crippen MR) is 37.8 cm³/mol. The lowest BCUT2D eigenvalue weighted by Crippen LogP contribution is -2.05. The Kier molecular flexibility index (Phi) is 0.738. The first kappa shape index (κ1) is 5.22. The summed E-state index contributed by atoms with van der Waals surface area (Å²) in [5.74, 6) is 5.16. The Bertz CT molecular complexity index is 217. The normalized spacial score (nSPS) is 47.5. The van der Waals surface area contributed by atoms with Crippen molar-refractivity contribution in [2.45, 2.75) is 19.3 Å². The van der Waals surface area contributed by atoms with E-state index in [-0.39, 0.29) is 0 Å². The molecule has 2 bridgehead atoms. The summed E-state index contributed by atoms with van der Waals surface area (Å²) >= 11 is 0. The van der Waals surface area contributed by atoms with Gasteiger partial charge in [-0.3, -0.25) is 0 Å². The van der Waals surface area contributed by atoms with E-state index in [4.69, 9.17) is 4.74 Å². The maximum Gasteiger partial charge on any atom is 0.146 e. The van der Waals surface area contributed by atoms with E-state index < -0.39 is 0 Å². The summed E-state index contributed by atoms with van der Waals surface area (Å²) in [6.45, 7) is 3.96. The first-order valence-corrected chi connectivity index (χ1v) is 4.11. The molecule has 1 aliphatic heterocycles. The van der Waals surface area contributed by atoms with Crippen LogP contribution in [0.2, 0.25) is 0 Å². The first-order valence-electron chi connectivity index (χ1n) is 4.11. The van der Waals surface area contributed by atoms with Crippen LogP contribution in [0.15, 0.2) is 11.5 Å². The molecular formula is C9H11O. The van der Waals surface area contributed by atoms with Gasteiger partial charge in [-0.15, -0.1) is 0 Å². The minimum atomic E-state index is 0.789. The van der Waals surface area contributed by atoms with E-state index in [1.165, 1.54) is 24.4 Å². The van der Waals surface area contributed by atoms with Crippen molar-refractivity contribution in [3.8, 4) is 0 Å². The van der Waals surface area contributed by atoms with Crippen molar-refractivity contribution >= 4 is 0 Å². The lowest BCUT2D eigenvalue weighted by Gasteiger charge is -2.11. The second-order valence-corrected chi connectivity index (χ2v) is 3.65. The third-order valence-corrected chi connectivity index (χ3v) is 3.19. The summed E-state index contributed by atoms with van der Waals surface area (Å²) in [5, 5.41) is 0. The number of ether oxygens (including phenoxy) is 1. The van der Waals surface area contributed by atoms with Gasteiger partial charge in [-0.2, -0.15) is 0 Å². The second-order valence-electron chi connectivity index (χ2n) is 3.65. The molecule has 53 valence electrons. The highest BCUT2D eigenvalue weighted by Gasteiger charge is 2.54. The Labute approximate surface area is 61.1 Å². The molecule has 0 spiro atoms. The van der Waals surface area contributed by atoms with Crippen molar-refractivity contribution < 1.29 is 4.74 Å². The first-order chi connectivity index (χ1) is 4.90. The van der Waals surface area contributed by atoms with Gasteiger partial charge < -0.3 is 4.74 Å². The van der Waals surface area contributed by atoms with Crippen LogP contribution < -0.4 is 0 Å². The van der Waals surface area contributed by atoms with Crippen LogP contribution in [0.5, 0.6) is 0 Å². The molecule has 0 N–H and O–H groups in total. The molecule has 3 unspecified atom stereocenters. The zero-order valence-corrected chi connectivity index (χ0v) is 5.97. The van der Waals surface area contributed by atoms with E-state index >= 15 is 0 Å². The summed E-state index contributed by atoms with van der Waals surface area (Å²) in [4.78, 5) is 0. The van der Waals surface area contributed by atoms with Gasteiger partial charge in [-0.05, 0) is 25.2 Å². The van der Waals surface area contributed by atoms with Crippen molar-refractivity contribution in [1.82, 2.24) is 0 Å². The van der Waals surface area contributed by atoms with E-state index in [1.54, 1.807) is 0 Å². The van der Waals surface area contributed by atoms with Crippen molar-refractivity contribution in [3.05, 3.63) is 18.4 Å². The molecule has 1 fully saturated rings. The van der Waals surface area contributed by atoms with Crippen LogP contribution in [-0.4, -0.2) is 0 Å². The largest absolute Gasteiger partial charge is 0.458 e. The Hall–Kier alpha value is -0.460. The maximum atomic E-state index is 5.38. The molecule has 1 saturated carbocycles. The molecule has 10 heavy (non-hydrogen) atoms. The van der Waals surface area contributed by atoms with Gasteiger partial charge in [0.25, 0.3) is 0 Å². The van der Waals surface area contributed by atoms with Crippen molar-refractivity contribution in [2.24, 2.45) is 17.8 Å². The van der Waals surface area contributed by atoms with Crippen LogP contribution in [0.4, 0.5) is 0 Å². The topological polar surface area (TPSA) is 12.5 Å². The lowest BCUT2D eigenvalue weighted by atomic mass is 9.91. The molecule has 0 amide bonds. The Morgan fingerprint density at radius 2 is 2.30 bits per heavy atom. The maximum absolute atomic E-state index is 5.38. The fourth-order valence-electron chi connectivity index (χ4n) is 2.62. The molecule has 2 aliphatic carbocycles. The molecule has 1 radical (unpaired) electrons. The van der Waals surface area contributed by atoms with Gasteiger partial charge in [-0.1, -0.05) is 6.92 Å². The Balaban J connectivity index is 1.93. The zero-order chi connectivity index (χ0) is 6.72.